The lowest BCUT2D eigenvalue weighted by molar-refractivity contribution is -0.127. The number of likely N-dealkylation sites (N-methyl/N-ethyl adjacent to an activating group) is 1. The normalized spacial score (nSPS) is 11.2. The Morgan fingerprint density at radius 2 is 1.88 bits per heavy atom. The first kappa shape index (κ1) is 19.9. The van der Waals surface area contributed by atoms with Crippen molar-refractivity contribution < 1.29 is 9.21 Å². The minimum absolute atomic E-state index is 0.0317. The van der Waals surface area contributed by atoms with E-state index in [0.29, 0.717) is 12.5 Å². The molecule has 0 unspecified atom stereocenters. The lowest BCUT2D eigenvalue weighted by Crippen LogP contribution is -2.40. The number of hydrogen-bond donors (Lipinski definition) is 2. The zero-order valence-electron chi connectivity index (χ0n) is 15.3. The quantitative estimate of drug-likeness (QED) is 0.305. The van der Waals surface area contributed by atoms with Gasteiger partial charge in [-0.25, -0.2) is 4.99 Å². The predicted octanol–water partition coefficient (Wildman–Crippen LogP) is 2.24. The molecule has 1 amide bonds. The van der Waals surface area contributed by atoms with Gasteiger partial charge in [-0.05, 0) is 24.3 Å². The van der Waals surface area contributed by atoms with Gasteiger partial charge < -0.3 is 20.0 Å². The third kappa shape index (κ3) is 7.65. The molecule has 7 heteroatoms. The van der Waals surface area contributed by atoms with Crippen LogP contribution in [0.15, 0.2) is 63.0 Å². The average Bonchev–Trinajstić information content (AvgIpc) is 3.16. The summed E-state index contributed by atoms with van der Waals surface area (Å²) in [5.41, 5.74) is 0. The van der Waals surface area contributed by atoms with Crippen LogP contribution in [0, 0.1) is 0 Å². The van der Waals surface area contributed by atoms with Gasteiger partial charge in [-0.15, -0.1) is 11.8 Å². The van der Waals surface area contributed by atoms with Gasteiger partial charge in [0, 0.05) is 44.3 Å². The molecular formula is C19H26N4O2S. The van der Waals surface area contributed by atoms with Crippen LogP contribution in [-0.2, 0) is 11.2 Å². The fourth-order valence-electron chi connectivity index (χ4n) is 2.08. The van der Waals surface area contributed by atoms with Crippen molar-refractivity contribution in [3.63, 3.8) is 0 Å². The van der Waals surface area contributed by atoms with Gasteiger partial charge in [-0.2, -0.15) is 0 Å². The Balaban J connectivity index is 1.78. The molecule has 0 radical (unpaired) electrons. The van der Waals surface area contributed by atoms with Crippen molar-refractivity contribution in [1.29, 1.82) is 0 Å². The molecule has 2 N–H and O–H groups in total. The number of furan rings is 1. The molecule has 1 aromatic carbocycles. The molecule has 1 heterocycles. The maximum Gasteiger partial charge on any atom is 0.243 e. The van der Waals surface area contributed by atoms with Crippen LogP contribution >= 0.6 is 11.8 Å². The van der Waals surface area contributed by atoms with E-state index in [-0.39, 0.29) is 12.5 Å². The molecule has 0 saturated heterocycles. The van der Waals surface area contributed by atoms with E-state index < -0.39 is 0 Å². The van der Waals surface area contributed by atoms with Crippen LogP contribution in [-0.4, -0.2) is 56.2 Å². The van der Waals surface area contributed by atoms with Gasteiger partial charge in [0.2, 0.25) is 5.91 Å². The molecule has 0 aliphatic rings. The summed E-state index contributed by atoms with van der Waals surface area (Å²) in [6, 6.07) is 14.1. The fraction of sp³-hybridized carbons (Fsp3) is 0.368. The van der Waals surface area contributed by atoms with Gasteiger partial charge in [0.25, 0.3) is 0 Å². The summed E-state index contributed by atoms with van der Waals surface area (Å²) in [5, 5.41) is 6.53. The minimum atomic E-state index is -0.0317. The second kappa shape index (κ2) is 11.3. The number of guanidine groups is 1. The van der Waals surface area contributed by atoms with Crippen LogP contribution in [0.4, 0.5) is 0 Å². The third-order valence-electron chi connectivity index (χ3n) is 3.52. The molecule has 0 fully saturated rings. The first-order valence-corrected chi connectivity index (χ1v) is 9.56. The van der Waals surface area contributed by atoms with Crippen LogP contribution in [0.1, 0.15) is 5.76 Å². The standard InChI is InChI=1S/C19H26N4O2S/c1-23(2)18(24)15-22-19(20-11-10-16-7-6-13-25-16)21-12-14-26-17-8-4-3-5-9-17/h3-9,13H,10-12,14-15H2,1-2H3,(H2,20,21,22). The number of hydrogen-bond acceptors (Lipinski definition) is 4. The second-order valence-electron chi connectivity index (χ2n) is 5.80. The smallest absolute Gasteiger partial charge is 0.243 e. The van der Waals surface area contributed by atoms with E-state index in [1.54, 1.807) is 32.1 Å². The van der Waals surface area contributed by atoms with Crippen LogP contribution in [0.5, 0.6) is 0 Å². The molecule has 6 nitrogen and oxygen atoms in total. The van der Waals surface area contributed by atoms with E-state index in [4.69, 9.17) is 4.42 Å². The molecule has 2 rings (SSSR count). The number of amides is 1. The highest BCUT2D eigenvalue weighted by atomic mass is 32.2. The minimum Gasteiger partial charge on any atom is -0.469 e. The van der Waals surface area contributed by atoms with Gasteiger partial charge in [-0.1, -0.05) is 18.2 Å². The average molecular weight is 375 g/mol. The van der Waals surface area contributed by atoms with E-state index in [2.05, 4.69) is 27.8 Å². The van der Waals surface area contributed by atoms with E-state index in [1.165, 1.54) is 9.80 Å². The van der Waals surface area contributed by atoms with Crippen molar-refractivity contribution in [2.75, 3.05) is 39.5 Å². The molecule has 0 bridgehead atoms. The summed E-state index contributed by atoms with van der Waals surface area (Å²) in [7, 11) is 3.46. The van der Waals surface area contributed by atoms with E-state index in [1.807, 2.05) is 30.3 Å². The first-order valence-electron chi connectivity index (χ1n) is 8.57. The Morgan fingerprint density at radius 3 is 2.58 bits per heavy atom. The van der Waals surface area contributed by atoms with Crippen molar-refractivity contribution in [3.05, 3.63) is 54.5 Å². The molecule has 0 saturated carbocycles. The molecule has 0 atom stereocenters. The number of carbonyl (C=O) groups excluding carboxylic acids is 1. The molecular weight excluding hydrogens is 348 g/mol. The number of nitrogens with one attached hydrogen (secondary N) is 2. The topological polar surface area (TPSA) is 69.9 Å². The van der Waals surface area contributed by atoms with E-state index in [0.717, 1.165) is 24.5 Å². The number of nitrogens with zero attached hydrogens (tertiary/aromatic N) is 2. The highest BCUT2D eigenvalue weighted by Crippen LogP contribution is 2.15. The monoisotopic (exact) mass is 374 g/mol. The Kier molecular flexibility index (Phi) is 8.62. The lowest BCUT2D eigenvalue weighted by Gasteiger charge is -2.13. The maximum absolute atomic E-state index is 11.8. The first-order chi connectivity index (χ1) is 12.6. The third-order valence-corrected chi connectivity index (χ3v) is 4.54. The Bertz CT molecular complexity index is 672. The zero-order valence-corrected chi connectivity index (χ0v) is 16.1. The summed E-state index contributed by atoms with van der Waals surface area (Å²) >= 11 is 1.78. The Hall–Kier alpha value is -2.41. The summed E-state index contributed by atoms with van der Waals surface area (Å²) in [4.78, 5) is 18.9. The van der Waals surface area contributed by atoms with Gasteiger partial charge >= 0.3 is 0 Å². The SMILES string of the molecule is CN(C)C(=O)CN=C(NCCSc1ccccc1)NCCc1ccco1. The number of thioether (sulfide) groups is 1. The van der Waals surface area contributed by atoms with Gasteiger partial charge in [0.05, 0.1) is 6.26 Å². The summed E-state index contributed by atoms with van der Waals surface area (Å²) in [6.07, 6.45) is 2.42. The van der Waals surface area contributed by atoms with Crippen molar-refractivity contribution in [1.82, 2.24) is 15.5 Å². The van der Waals surface area contributed by atoms with E-state index in [9.17, 15) is 4.79 Å². The van der Waals surface area contributed by atoms with Crippen molar-refractivity contribution in [3.8, 4) is 0 Å². The molecule has 0 aliphatic heterocycles. The number of rotatable bonds is 9. The highest BCUT2D eigenvalue weighted by molar-refractivity contribution is 7.99. The fourth-order valence-corrected chi connectivity index (χ4v) is 2.87. The van der Waals surface area contributed by atoms with Crippen molar-refractivity contribution in [2.24, 2.45) is 4.99 Å². The summed E-state index contributed by atoms with van der Waals surface area (Å²) in [6.45, 7) is 1.55. The molecule has 0 spiro atoms. The largest absolute Gasteiger partial charge is 0.469 e. The van der Waals surface area contributed by atoms with E-state index >= 15 is 0 Å². The second-order valence-corrected chi connectivity index (χ2v) is 6.97. The highest BCUT2D eigenvalue weighted by Gasteiger charge is 2.05. The number of carbonyl (C=O) groups is 1. The van der Waals surface area contributed by atoms with Crippen LogP contribution in [0.25, 0.3) is 0 Å². The van der Waals surface area contributed by atoms with Crippen molar-refractivity contribution >= 4 is 23.6 Å². The van der Waals surface area contributed by atoms with Gasteiger partial charge in [0.1, 0.15) is 12.3 Å². The lowest BCUT2D eigenvalue weighted by atomic mass is 10.3. The summed E-state index contributed by atoms with van der Waals surface area (Å²) in [5.74, 6) is 2.43. The van der Waals surface area contributed by atoms with Crippen LogP contribution in [0.3, 0.4) is 0 Å². The van der Waals surface area contributed by atoms with Crippen molar-refractivity contribution in [2.45, 2.75) is 11.3 Å². The van der Waals surface area contributed by atoms with Gasteiger partial charge in [-0.3, -0.25) is 4.79 Å². The number of aliphatic imine (C=N–C) groups is 1. The predicted molar refractivity (Wildman–Crippen MR) is 107 cm³/mol. The number of benzene rings is 1. The van der Waals surface area contributed by atoms with Gasteiger partial charge in [0.15, 0.2) is 5.96 Å². The zero-order chi connectivity index (χ0) is 18.6. The molecule has 26 heavy (non-hydrogen) atoms. The molecule has 2 aromatic rings. The molecule has 1 aromatic heterocycles. The Morgan fingerprint density at radius 1 is 1.12 bits per heavy atom. The maximum atomic E-state index is 11.8. The summed E-state index contributed by atoms with van der Waals surface area (Å²) < 4.78 is 5.33. The van der Waals surface area contributed by atoms with Crippen LogP contribution in [0.2, 0.25) is 0 Å². The molecule has 140 valence electrons. The van der Waals surface area contributed by atoms with Crippen LogP contribution < -0.4 is 10.6 Å². The Labute approximate surface area is 159 Å². The molecule has 0 aliphatic carbocycles.